The number of pyridine rings is 1. The van der Waals surface area contributed by atoms with E-state index in [1.807, 2.05) is 31.2 Å². The van der Waals surface area contributed by atoms with E-state index in [1.54, 1.807) is 24.3 Å². The predicted octanol–water partition coefficient (Wildman–Crippen LogP) is 2.62. The van der Waals surface area contributed by atoms with Crippen molar-refractivity contribution >= 4 is 17.5 Å². The number of piperazine rings is 1. The Balaban J connectivity index is 1.57. The number of aromatic nitrogens is 1. The first kappa shape index (κ1) is 17.5. The summed E-state index contributed by atoms with van der Waals surface area (Å²) in [6, 6.07) is 11.1. The van der Waals surface area contributed by atoms with Gasteiger partial charge in [-0.3, -0.25) is 0 Å². The lowest BCUT2D eigenvalue weighted by molar-refractivity contribution is 0.208. The standard InChI is InChI=1S/C19H21N5O2/c1-14-11-16(26-2)4-5-17(14)22-19(25)24-9-7-23(8-10-24)18-6-3-15(12-20)13-21-18/h3-6,11,13H,7-10H2,1-2H3,(H,22,25). The maximum atomic E-state index is 12.5. The Morgan fingerprint density at radius 2 is 2.00 bits per heavy atom. The molecule has 1 aromatic heterocycles. The molecule has 0 atom stereocenters. The number of benzene rings is 1. The van der Waals surface area contributed by atoms with Crippen LogP contribution in [0.15, 0.2) is 36.5 Å². The number of nitrogens with zero attached hydrogens (tertiary/aromatic N) is 4. The van der Waals surface area contributed by atoms with Gasteiger partial charge in [-0.2, -0.15) is 5.26 Å². The smallest absolute Gasteiger partial charge is 0.321 e. The van der Waals surface area contributed by atoms with Crippen LogP contribution in [-0.2, 0) is 0 Å². The predicted molar refractivity (Wildman–Crippen MR) is 99.5 cm³/mol. The molecule has 0 saturated carbocycles. The maximum Gasteiger partial charge on any atom is 0.321 e. The summed E-state index contributed by atoms with van der Waals surface area (Å²) in [5.41, 5.74) is 2.28. The first-order valence-electron chi connectivity index (χ1n) is 8.42. The van der Waals surface area contributed by atoms with E-state index in [-0.39, 0.29) is 6.03 Å². The summed E-state index contributed by atoms with van der Waals surface area (Å²) in [6.45, 7) is 4.57. The van der Waals surface area contributed by atoms with Crippen molar-refractivity contribution in [3.63, 3.8) is 0 Å². The molecule has 1 saturated heterocycles. The van der Waals surface area contributed by atoms with Crippen LogP contribution < -0.4 is 15.0 Å². The summed E-state index contributed by atoms with van der Waals surface area (Å²) in [7, 11) is 1.62. The number of hydrogen-bond acceptors (Lipinski definition) is 5. The molecule has 2 aromatic rings. The van der Waals surface area contributed by atoms with E-state index < -0.39 is 0 Å². The highest BCUT2D eigenvalue weighted by Crippen LogP contribution is 2.22. The SMILES string of the molecule is COc1ccc(NC(=O)N2CCN(c3ccc(C#N)cn3)CC2)c(C)c1. The zero-order valence-electron chi connectivity index (χ0n) is 14.9. The van der Waals surface area contributed by atoms with Crippen LogP contribution in [0.4, 0.5) is 16.3 Å². The number of aryl methyl sites for hydroxylation is 1. The van der Waals surface area contributed by atoms with Gasteiger partial charge >= 0.3 is 6.03 Å². The number of methoxy groups -OCH3 is 1. The van der Waals surface area contributed by atoms with Gasteiger partial charge in [-0.15, -0.1) is 0 Å². The van der Waals surface area contributed by atoms with Crippen LogP contribution in [0.25, 0.3) is 0 Å². The fourth-order valence-corrected chi connectivity index (χ4v) is 2.88. The zero-order chi connectivity index (χ0) is 18.5. The van der Waals surface area contributed by atoms with E-state index in [0.717, 1.165) is 22.8 Å². The van der Waals surface area contributed by atoms with Crippen LogP contribution in [0.3, 0.4) is 0 Å². The van der Waals surface area contributed by atoms with E-state index in [9.17, 15) is 4.79 Å². The monoisotopic (exact) mass is 351 g/mol. The molecule has 0 spiro atoms. The van der Waals surface area contributed by atoms with E-state index in [2.05, 4.69) is 21.3 Å². The number of nitrogens with one attached hydrogen (secondary N) is 1. The molecular weight excluding hydrogens is 330 g/mol. The fourth-order valence-electron chi connectivity index (χ4n) is 2.88. The van der Waals surface area contributed by atoms with Crippen molar-refractivity contribution in [1.82, 2.24) is 9.88 Å². The van der Waals surface area contributed by atoms with Crippen LogP contribution in [0.2, 0.25) is 0 Å². The molecule has 26 heavy (non-hydrogen) atoms. The van der Waals surface area contributed by atoms with Crippen molar-refractivity contribution in [2.75, 3.05) is 43.5 Å². The van der Waals surface area contributed by atoms with Gasteiger partial charge in [0.15, 0.2) is 0 Å². The van der Waals surface area contributed by atoms with Gasteiger partial charge in [0, 0.05) is 38.1 Å². The third kappa shape index (κ3) is 3.86. The van der Waals surface area contributed by atoms with Gasteiger partial charge in [0.2, 0.25) is 0 Å². The minimum absolute atomic E-state index is 0.106. The van der Waals surface area contributed by atoms with Crippen LogP contribution in [-0.4, -0.2) is 49.2 Å². The highest BCUT2D eigenvalue weighted by atomic mass is 16.5. The van der Waals surface area contributed by atoms with Crippen molar-refractivity contribution in [3.05, 3.63) is 47.7 Å². The van der Waals surface area contributed by atoms with Gasteiger partial charge < -0.3 is 19.9 Å². The van der Waals surface area contributed by atoms with Gasteiger partial charge in [-0.05, 0) is 42.8 Å². The van der Waals surface area contributed by atoms with Gasteiger partial charge in [0.1, 0.15) is 17.6 Å². The molecule has 7 nitrogen and oxygen atoms in total. The number of urea groups is 1. The Morgan fingerprint density at radius 3 is 2.58 bits per heavy atom. The van der Waals surface area contributed by atoms with E-state index in [0.29, 0.717) is 31.7 Å². The molecule has 2 amide bonds. The van der Waals surface area contributed by atoms with Crippen molar-refractivity contribution < 1.29 is 9.53 Å². The fraction of sp³-hybridized carbons (Fsp3) is 0.316. The topological polar surface area (TPSA) is 81.5 Å². The van der Waals surface area contributed by atoms with Gasteiger partial charge in [0.05, 0.1) is 12.7 Å². The highest BCUT2D eigenvalue weighted by molar-refractivity contribution is 5.90. The molecule has 1 N–H and O–H groups in total. The Labute approximate surface area is 152 Å². The number of carbonyl (C=O) groups is 1. The normalized spacial score (nSPS) is 13.9. The van der Waals surface area contributed by atoms with E-state index in [1.165, 1.54) is 0 Å². The van der Waals surface area contributed by atoms with Gasteiger partial charge in [0.25, 0.3) is 0 Å². The lowest BCUT2D eigenvalue weighted by Crippen LogP contribution is -2.50. The molecule has 0 aliphatic carbocycles. The lowest BCUT2D eigenvalue weighted by Gasteiger charge is -2.35. The molecule has 7 heteroatoms. The Hall–Kier alpha value is -3.27. The van der Waals surface area contributed by atoms with Crippen LogP contribution in [0.5, 0.6) is 5.75 Å². The third-order valence-corrected chi connectivity index (χ3v) is 4.44. The number of hydrogen-bond donors (Lipinski definition) is 1. The van der Waals surface area contributed by atoms with Crippen LogP contribution in [0, 0.1) is 18.3 Å². The minimum atomic E-state index is -0.106. The number of nitriles is 1. The quantitative estimate of drug-likeness (QED) is 0.919. The van der Waals surface area contributed by atoms with Crippen molar-refractivity contribution in [2.45, 2.75) is 6.92 Å². The summed E-state index contributed by atoms with van der Waals surface area (Å²) in [4.78, 5) is 20.7. The number of anilines is 2. The van der Waals surface area contributed by atoms with E-state index in [4.69, 9.17) is 10.00 Å². The Kier molecular flexibility index (Phi) is 5.23. The number of amides is 2. The summed E-state index contributed by atoms with van der Waals surface area (Å²) in [6.07, 6.45) is 1.57. The molecule has 134 valence electrons. The molecule has 1 fully saturated rings. The second-order valence-corrected chi connectivity index (χ2v) is 6.10. The average Bonchev–Trinajstić information content (AvgIpc) is 2.69. The molecule has 1 aliphatic heterocycles. The highest BCUT2D eigenvalue weighted by Gasteiger charge is 2.22. The second kappa shape index (κ2) is 7.74. The van der Waals surface area contributed by atoms with E-state index >= 15 is 0 Å². The summed E-state index contributed by atoms with van der Waals surface area (Å²) in [5, 5.41) is 11.8. The van der Waals surface area contributed by atoms with Crippen LogP contribution in [0.1, 0.15) is 11.1 Å². The molecule has 2 heterocycles. The molecule has 0 unspecified atom stereocenters. The molecule has 1 aliphatic rings. The van der Waals surface area contributed by atoms with Crippen molar-refractivity contribution in [1.29, 1.82) is 5.26 Å². The Morgan fingerprint density at radius 1 is 1.23 bits per heavy atom. The number of rotatable bonds is 3. The number of ether oxygens (including phenoxy) is 1. The first-order valence-corrected chi connectivity index (χ1v) is 8.42. The zero-order valence-corrected chi connectivity index (χ0v) is 14.9. The first-order chi connectivity index (χ1) is 12.6. The number of carbonyl (C=O) groups excluding carboxylic acids is 1. The second-order valence-electron chi connectivity index (χ2n) is 6.10. The molecule has 0 radical (unpaired) electrons. The summed E-state index contributed by atoms with van der Waals surface area (Å²) < 4.78 is 5.19. The summed E-state index contributed by atoms with van der Waals surface area (Å²) in [5.74, 6) is 1.60. The maximum absolute atomic E-state index is 12.5. The van der Waals surface area contributed by atoms with Gasteiger partial charge in [-0.25, -0.2) is 9.78 Å². The van der Waals surface area contributed by atoms with Gasteiger partial charge in [-0.1, -0.05) is 0 Å². The van der Waals surface area contributed by atoms with Crippen molar-refractivity contribution in [3.8, 4) is 11.8 Å². The van der Waals surface area contributed by atoms with Crippen LogP contribution >= 0.6 is 0 Å². The third-order valence-electron chi connectivity index (χ3n) is 4.44. The minimum Gasteiger partial charge on any atom is -0.497 e. The van der Waals surface area contributed by atoms with Crippen molar-refractivity contribution in [2.24, 2.45) is 0 Å². The molecule has 0 bridgehead atoms. The molecule has 3 rings (SSSR count). The molecule has 1 aromatic carbocycles. The average molecular weight is 351 g/mol. The molecular formula is C19H21N5O2. The Bertz CT molecular complexity index is 821. The lowest BCUT2D eigenvalue weighted by atomic mass is 10.2. The summed E-state index contributed by atoms with van der Waals surface area (Å²) >= 11 is 0. The largest absolute Gasteiger partial charge is 0.497 e.